The highest BCUT2D eigenvalue weighted by molar-refractivity contribution is 7.15. The summed E-state index contributed by atoms with van der Waals surface area (Å²) in [6, 6.07) is 1.75. The topological polar surface area (TPSA) is 102 Å². The first-order valence-corrected chi connectivity index (χ1v) is 10.6. The van der Waals surface area contributed by atoms with Crippen LogP contribution in [-0.4, -0.2) is 45.5 Å². The van der Waals surface area contributed by atoms with Gasteiger partial charge in [0, 0.05) is 43.9 Å². The van der Waals surface area contributed by atoms with Gasteiger partial charge in [0.1, 0.15) is 12.2 Å². The largest absolute Gasteiger partial charge is 0.387 e. The number of carbonyl (C=O) groups is 2. The molecule has 0 saturated heterocycles. The van der Waals surface area contributed by atoms with Gasteiger partial charge in [-0.3, -0.25) is 9.59 Å². The number of nitrogens with two attached hydrogens (primary N) is 1. The third-order valence-corrected chi connectivity index (χ3v) is 5.60. The second kappa shape index (κ2) is 9.56. The van der Waals surface area contributed by atoms with Crippen LogP contribution in [0.1, 0.15) is 53.2 Å². The van der Waals surface area contributed by atoms with E-state index in [0.29, 0.717) is 41.5 Å². The number of amides is 1. The number of rotatable bonds is 8. The molecule has 2 aromatic heterocycles. The monoisotopic (exact) mass is 411 g/mol. The van der Waals surface area contributed by atoms with Crippen molar-refractivity contribution in [1.29, 1.82) is 0 Å². The molecule has 0 unspecified atom stereocenters. The number of ketones is 1. The number of hydrogen-bond acceptors (Lipinski definition) is 7. The van der Waals surface area contributed by atoms with Crippen LogP contribution in [0.5, 0.6) is 0 Å². The van der Waals surface area contributed by atoms with Crippen LogP contribution in [0.3, 0.4) is 0 Å². The molecule has 0 atom stereocenters. The van der Waals surface area contributed by atoms with Crippen molar-refractivity contribution in [3.8, 4) is 0 Å². The molecule has 2 N–H and O–H groups in total. The maximum atomic E-state index is 13.0. The van der Waals surface area contributed by atoms with Crippen molar-refractivity contribution in [2.24, 2.45) is 10.7 Å². The molecule has 0 aromatic carbocycles. The van der Waals surface area contributed by atoms with E-state index >= 15 is 0 Å². The minimum atomic E-state index is -0.0356. The predicted octanol–water partition coefficient (Wildman–Crippen LogP) is 3.39. The van der Waals surface area contributed by atoms with Crippen molar-refractivity contribution in [3.05, 3.63) is 45.7 Å². The van der Waals surface area contributed by atoms with Crippen LogP contribution in [0.4, 0.5) is 5.69 Å². The molecular weight excluding hydrogens is 386 g/mol. The second-order valence-electron chi connectivity index (χ2n) is 6.95. The molecule has 2 aromatic rings. The van der Waals surface area contributed by atoms with Gasteiger partial charge in [-0.15, -0.1) is 11.3 Å². The molecule has 3 heterocycles. The van der Waals surface area contributed by atoms with Gasteiger partial charge in [0.05, 0.1) is 15.4 Å². The minimum Gasteiger partial charge on any atom is -0.387 e. The first kappa shape index (κ1) is 20.9. The van der Waals surface area contributed by atoms with Crippen LogP contribution in [0, 0.1) is 0 Å². The third-order valence-electron chi connectivity index (χ3n) is 4.48. The lowest BCUT2D eigenvalue weighted by molar-refractivity contribution is -0.127. The number of carbonyl (C=O) groups excluding carboxylic acids is 2. The van der Waals surface area contributed by atoms with Gasteiger partial charge in [-0.1, -0.05) is 13.8 Å². The number of Topliss-reactive ketones (excluding diaryl/α,β-unsaturated/α-hetero) is 1. The molecule has 0 fully saturated rings. The first-order chi connectivity index (χ1) is 14.0. The Morgan fingerprint density at radius 1 is 1.17 bits per heavy atom. The maximum Gasteiger partial charge on any atom is 0.250 e. The van der Waals surface area contributed by atoms with Gasteiger partial charge >= 0.3 is 0 Å². The lowest BCUT2D eigenvalue weighted by Crippen LogP contribution is -2.34. The second-order valence-corrected chi connectivity index (χ2v) is 8.03. The highest BCUT2D eigenvalue weighted by Gasteiger charge is 2.23. The number of nitrogens with zero attached hydrogens (tertiary/aromatic N) is 4. The first-order valence-electron chi connectivity index (χ1n) is 9.75. The molecular formula is C21H25N5O2S. The van der Waals surface area contributed by atoms with Crippen LogP contribution in [0.15, 0.2) is 35.4 Å². The van der Waals surface area contributed by atoms with Crippen molar-refractivity contribution >= 4 is 40.6 Å². The summed E-state index contributed by atoms with van der Waals surface area (Å²) in [4.78, 5) is 41.3. The Balaban J connectivity index is 1.87. The average Bonchev–Trinajstić information content (AvgIpc) is 3.02. The smallest absolute Gasteiger partial charge is 0.250 e. The summed E-state index contributed by atoms with van der Waals surface area (Å²) >= 11 is 1.34. The van der Waals surface area contributed by atoms with Crippen LogP contribution in [-0.2, 0) is 11.2 Å². The van der Waals surface area contributed by atoms with Crippen molar-refractivity contribution < 1.29 is 9.59 Å². The van der Waals surface area contributed by atoms with Crippen molar-refractivity contribution in [2.45, 2.75) is 39.5 Å². The van der Waals surface area contributed by atoms with E-state index in [1.807, 2.05) is 11.0 Å². The average molecular weight is 412 g/mol. The van der Waals surface area contributed by atoms with Gasteiger partial charge in [-0.25, -0.2) is 15.0 Å². The number of fused-ring (bicyclic) bond motifs is 1. The number of thiophene rings is 1. The van der Waals surface area contributed by atoms with Crippen LogP contribution >= 0.6 is 11.3 Å². The van der Waals surface area contributed by atoms with Gasteiger partial charge in [0.25, 0.3) is 0 Å². The number of aliphatic imine (C=N–C) groups is 1. The van der Waals surface area contributed by atoms with E-state index in [9.17, 15) is 9.59 Å². The lowest BCUT2D eigenvalue weighted by Gasteiger charge is -2.22. The summed E-state index contributed by atoms with van der Waals surface area (Å²) < 4.78 is 0. The molecule has 0 radical (unpaired) electrons. The fourth-order valence-electron chi connectivity index (χ4n) is 3.21. The van der Waals surface area contributed by atoms with Gasteiger partial charge in [-0.05, 0) is 30.5 Å². The van der Waals surface area contributed by atoms with E-state index < -0.39 is 0 Å². The summed E-state index contributed by atoms with van der Waals surface area (Å²) in [5.74, 6) is 0.332. The summed E-state index contributed by atoms with van der Waals surface area (Å²) in [5, 5.41) is 0. The van der Waals surface area contributed by atoms with E-state index in [1.165, 1.54) is 17.7 Å². The van der Waals surface area contributed by atoms with Gasteiger partial charge in [-0.2, -0.15) is 0 Å². The molecule has 0 spiro atoms. The Bertz CT molecular complexity index is 943. The molecule has 7 nitrogen and oxygen atoms in total. The fraction of sp³-hybridized carbons (Fsp3) is 0.381. The molecule has 1 aliphatic heterocycles. The summed E-state index contributed by atoms with van der Waals surface area (Å²) in [6.45, 7) is 5.53. The molecule has 0 bridgehead atoms. The summed E-state index contributed by atoms with van der Waals surface area (Å²) in [6.07, 6.45) is 8.86. The number of aromatic nitrogens is 2. The Kier molecular flexibility index (Phi) is 6.87. The molecule has 0 aliphatic carbocycles. The standard InChI is InChI=1S/C21H25N5O2S/c1-3-5-26(6-4-2)21(28)15-8-18-16(25-20(22)9-15)10-19(29-18)17(27)7-14-11-23-13-24-12-14/h8,10-13H,3-7,9H2,1-2H3,(H2,22,25). The fourth-order valence-corrected chi connectivity index (χ4v) is 4.22. The zero-order valence-corrected chi connectivity index (χ0v) is 17.5. The molecule has 3 rings (SSSR count). The summed E-state index contributed by atoms with van der Waals surface area (Å²) in [7, 11) is 0. The number of hydrogen-bond donors (Lipinski definition) is 1. The zero-order chi connectivity index (χ0) is 20.8. The van der Waals surface area contributed by atoms with Crippen LogP contribution in [0.25, 0.3) is 6.08 Å². The zero-order valence-electron chi connectivity index (χ0n) is 16.7. The van der Waals surface area contributed by atoms with E-state index in [0.717, 1.165) is 23.3 Å². The Hall–Kier alpha value is -2.87. The van der Waals surface area contributed by atoms with Crippen molar-refractivity contribution in [2.75, 3.05) is 13.1 Å². The van der Waals surface area contributed by atoms with E-state index in [4.69, 9.17) is 5.73 Å². The van der Waals surface area contributed by atoms with Gasteiger partial charge in [0.2, 0.25) is 5.91 Å². The molecule has 8 heteroatoms. The summed E-state index contributed by atoms with van der Waals surface area (Å²) in [5.41, 5.74) is 8.09. The quantitative estimate of drug-likeness (QED) is 0.671. The SMILES string of the molecule is CCCN(CCC)C(=O)C1=Cc2sc(C(=O)Cc3cncnc3)cc2N=C(N)C1. The lowest BCUT2D eigenvalue weighted by atomic mass is 10.1. The van der Waals surface area contributed by atoms with E-state index in [-0.39, 0.29) is 18.1 Å². The van der Waals surface area contributed by atoms with Gasteiger partial charge < -0.3 is 10.6 Å². The molecule has 0 saturated carbocycles. The van der Waals surface area contributed by atoms with Gasteiger partial charge in [0.15, 0.2) is 5.78 Å². The van der Waals surface area contributed by atoms with E-state index in [2.05, 4.69) is 28.8 Å². The van der Waals surface area contributed by atoms with Crippen molar-refractivity contribution in [3.63, 3.8) is 0 Å². The van der Waals surface area contributed by atoms with Crippen LogP contribution < -0.4 is 5.73 Å². The minimum absolute atomic E-state index is 0.0117. The highest BCUT2D eigenvalue weighted by atomic mass is 32.1. The molecule has 1 amide bonds. The van der Waals surface area contributed by atoms with Crippen molar-refractivity contribution in [1.82, 2.24) is 14.9 Å². The number of amidine groups is 1. The Morgan fingerprint density at radius 2 is 1.86 bits per heavy atom. The maximum absolute atomic E-state index is 13.0. The van der Waals surface area contributed by atoms with E-state index in [1.54, 1.807) is 18.5 Å². The predicted molar refractivity (Wildman–Crippen MR) is 115 cm³/mol. The third kappa shape index (κ3) is 5.14. The molecule has 1 aliphatic rings. The Morgan fingerprint density at radius 3 is 2.52 bits per heavy atom. The highest BCUT2D eigenvalue weighted by Crippen LogP contribution is 2.35. The van der Waals surface area contributed by atoms with Crippen LogP contribution in [0.2, 0.25) is 0 Å². The molecule has 152 valence electrons. The normalized spacial score (nSPS) is 13.2. The molecule has 29 heavy (non-hydrogen) atoms. The Labute approximate surface area is 174 Å².